The van der Waals surface area contributed by atoms with Gasteiger partial charge in [-0.1, -0.05) is 0 Å². The molecule has 0 bridgehead atoms. The van der Waals surface area contributed by atoms with Crippen LogP contribution in [-0.4, -0.2) is 36.2 Å². The van der Waals surface area contributed by atoms with Crippen LogP contribution in [0.15, 0.2) is 30.5 Å². The van der Waals surface area contributed by atoms with Crippen molar-refractivity contribution in [2.75, 3.05) is 20.3 Å². The van der Waals surface area contributed by atoms with E-state index in [0.717, 1.165) is 42.3 Å². The molecule has 0 aliphatic carbocycles. The maximum atomic E-state index is 6.03. The average molecular weight is 288 g/mol. The SMILES string of the molecule is CCn1nccc1-c1ccc(OC)c(O[C@@H]2CCOC2)c1. The Kier molecular flexibility index (Phi) is 4.10. The fourth-order valence-corrected chi connectivity index (χ4v) is 2.54. The number of methoxy groups -OCH3 is 1. The molecule has 1 aliphatic rings. The molecule has 1 aromatic carbocycles. The zero-order valence-corrected chi connectivity index (χ0v) is 12.4. The van der Waals surface area contributed by atoms with Gasteiger partial charge in [-0.25, -0.2) is 0 Å². The highest BCUT2D eigenvalue weighted by atomic mass is 16.6. The van der Waals surface area contributed by atoms with Crippen molar-refractivity contribution in [3.63, 3.8) is 0 Å². The molecule has 0 spiro atoms. The van der Waals surface area contributed by atoms with Crippen LogP contribution in [0.1, 0.15) is 13.3 Å². The first-order chi connectivity index (χ1) is 10.3. The summed E-state index contributed by atoms with van der Waals surface area (Å²) in [5, 5.41) is 4.31. The highest BCUT2D eigenvalue weighted by Crippen LogP contribution is 2.34. The van der Waals surface area contributed by atoms with E-state index in [1.54, 1.807) is 7.11 Å². The van der Waals surface area contributed by atoms with Crippen LogP contribution in [0.25, 0.3) is 11.3 Å². The average Bonchev–Trinajstić information content (AvgIpc) is 3.18. The van der Waals surface area contributed by atoms with Crippen molar-refractivity contribution >= 4 is 0 Å². The van der Waals surface area contributed by atoms with Crippen molar-refractivity contribution in [1.29, 1.82) is 0 Å². The molecular weight excluding hydrogens is 268 g/mol. The first kappa shape index (κ1) is 13.9. The van der Waals surface area contributed by atoms with Crippen LogP contribution < -0.4 is 9.47 Å². The molecule has 112 valence electrons. The third kappa shape index (κ3) is 2.88. The molecule has 2 heterocycles. The van der Waals surface area contributed by atoms with Gasteiger partial charge in [-0.05, 0) is 31.2 Å². The Morgan fingerprint density at radius 1 is 1.33 bits per heavy atom. The number of aryl methyl sites for hydroxylation is 1. The number of hydrogen-bond acceptors (Lipinski definition) is 4. The summed E-state index contributed by atoms with van der Waals surface area (Å²) in [5.74, 6) is 1.50. The summed E-state index contributed by atoms with van der Waals surface area (Å²) in [5.41, 5.74) is 2.15. The Balaban J connectivity index is 1.92. The molecule has 3 rings (SSSR count). The predicted molar refractivity (Wildman–Crippen MR) is 79.7 cm³/mol. The van der Waals surface area contributed by atoms with Crippen LogP contribution in [0.3, 0.4) is 0 Å². The number of benzene rings is 1. The van der Waals surface area contributed by atoms with E-state index in [4.69, 9.17) is 14.2 Å². The molecule has 1 aliphatic heterocycles. The van der Waals surface area contributed by atoms with Gasteiger partial charge in [0.05, 0.1) is 26.0 Å². The fourth-order valence-electron chi connectivity index (χ4n) is 2.54. The van der Waals surface area contributed by atoms with E-state index >= 15 is 0 Å². The molecule has 21 heavy (non-hydrogen) atoms. The minimum atomic E-state index is 0.102. The lowest BCUT2D eigenvalue weighted by atomic mass is 10.1. The third-order valence-electron chi connectivity index (χ3n) is 3.66. The molecule has 5 nitrogen and oxygen atoms in total. The van der Waals surface area contributed by atoms with Gasteiger partial charge in [-0.2, -0.15) is 5.10 Å². The lowest BCUT2D eigenvalue weighted by Crippen LogP contribution is -2.16. The number of ether oxygens (including phenoxy) is 3. The zero-order chi connectivity index (χ0) is 14.7. The minimum Gasteiger partial charge on any atom is -0.493 e. The monoisotopic (exact) mass is 288 g/mol. The molecule has 2 aromatic rings. The molecule has 0 N–H and O–H groups in total. The molecular formula is C16H20N2O3. The van der Waals surface area contributed by atoms with Crippen LogP contribution >= 0.6 is 0 Å². The Labute approximate surface area is 124 Å². The van der Waals surface area contributed by atoms with Gasteiger partial charge in [0, 0.05) is 24.7 Å². The Hall–Kier alpha value is -2.01. The van der Waals surface area contributed by atoms with Crippen LogP contribution in [0, 0.1) is 0 Å². The first-order valence-electron chi connectivity index (χ1n) is 7.26. The Morgan fingerprint density at radius 3 is 2.95 bits per heavy atom. The van der Waals surface area contributed by atoms with Crippen molar-refractivity contribution < 1.29 is 14.2 Å². The zero-order valence-electron chi connectivity index (χ0n) is 12.4. The normalized spacial score (nSPS) is 17.9. The molecule has 1 saturated heterocycles. The summed E-state index contributed by atoms with van der Waals surface area (Å²) in [7, 11) is 1.66. The Bertz CT molecular complexity index is 603. The van der Waals surface area contributed by atoms with Crippen LogP contribution in [0.4, 0.5) is 0 Å². The number of nitrogens with zero attached hydrogens (tertiary/aromatic N) is 2. The van der Waals surface area contributed by atoms with Crippen molar-refractivity contribution in [1.82, 2.24) is 9.78 Å². The summed E-state index contributed by atoms with van der Waals surface area (Å²) in [4.78, 5) is 0. The minimum absolute atomic E-state index is 0.102. The van der Waals surface area contributed by atoms with E-state index in [9.17, 15) is 0 Å². The maximum absolute atomic E-state index is 6.03. The summed E-state index contributed by atoms with van der Waals surface area (Å²) >= 11 is 0. The number of aromatic nitrogens is 2. The lowest BCUT2D eigenvalue weighted by Gasteiger charge is -2.16. The van der Waals surface area contributed by atoms with Gasteiger partial charge in [0.15, 0.2) is 11.5 Å². The Morgan fingerprint density at radius 2 is 2.24 bits per heavy atom. The predicted octanol–water partition coefficient (Wildman–Crippen LogP) is 2.75. The van der Waals surface area contributed by atoms with Gasteiger partial charge in [0.25, 0.3) is 0 Å². The van der Waals surface area contributed by atoms with Gasteiger partial charge in [0.2, 0.25) is 0 Å². The van der Waals surface area contributed by atoms with Crippen LogP contribution in [-0.2, 0) is 11.3 Å². The second-order valence-corrected chi connectivity index (χ2v) is 5.00. The second kappa shape index (κ2) is 6.18. The van der Waals surface area contributed by atoms with Crippen molar-refractivity contribution in [3.05, 3.63) is 30.5 Å². The molecule has 0 unspecified atom stereocenters. The molecule has 5 heteroatoms. The molecule has 1 aromatic heterocycles. The topological polar surface area (TPSA) is 45.5 Å². The van der Waals surface area contributed by atoms with E-state index < -0.39 is 0 Å². The van der Waals surface area contributed by atoms with E-state index in [2.05, 4.69) is 12.0 Å². The second-order valence-electron chi connectivity index (χ2n) is 5.00. The quantitative estimate of drug-likeness (QED) is 0.848. The summed E-state index contributed by atoms with van der Waals surface area (Å²) in [6, 6.07) is 7.99. The van der Waals surface area contributed by atoms with E-state index in [0.29, 0.717) is 6.61 Å². The van der Waals surface area contributed by atoms with Crippen molar-refractivity contribution in [3.8, 4) is 22.8 Å². The number of hydrogen-bond donors (Lipinski definition) is 0. The molecule has 0 radical (unpaired) electrons. The smallest absolute Gasteiger partial charge is 0.162 e. The number of rotatable bonds is 5. The third-order valence-corrected chi connectivity index (χ3v) is 3.66. The van der Waals surface area contributed by atoms with Gasteiger partial charge in [0.1, 0.15) is 6.10 Å². The van der Waals surface area contributed by atoms with Gasteiger partial charge in [-0.3, -0.25) is 4.68 Å². The van der Waals surface area contributed by atoms with Gasteiger partial charge in [-0.15, -0.1) is 0 Å². The maximum Gasteiger partial charge on any atom is 0.162 e. The molecule has 1 fully saturated rings. The highest BCUT2D eigenvalue weighted by molar-refractivity contribution is 5.64. The summed E-state index contributed by atoms with van der Waals surface area (Å²) in [6.07, 6.45) is 2.83. The van der Waals surface area contributed by atoms with Gasteiger partial charge >= 0.3 is 0 Å². The fraction of sp³-hybridized carbons (Fsp3) is 0.438. The molecule has 0 saturated carbocycles. The van der Waals surface area contributed by atoms with Crippen LogP contribution in [0.2, 0.25) is 0 Å². The van der Waals surface area contributed by atoms with Crippen LogP contribution in [0.5, 0.6) is 11.5 Å². The lowest BCUT2D eigenvalue weighted by molar-refractivity contribution is 0.138. The standard InChI is InChI=1S/C16H20N2O3/c1-3-18-14(6-8-17-18)12-4-5-15(19-2)16(10-12)21-13-7-9-20-11-13/h4-6,8,10,13H,3,7,9,11H2,1-2H3/t13-/m1/s1. The largest absolute Gasteiger partial charge is 0.493 e. The van der Waals surface area contributed by atoms with E-state index in [1.165, 1.54) is 0 Å². The molecule has 1 atom stereocenters. The highest BCUT2D eigenvalue weighted by Gasteiger charge is 2.19. The summed E-state index contributed by atoms with van der Waals surface area (Å²) < 4.78 is 18.8. The van der Waals surface area contributed by atoms with Crippen molar-refractivity contribution in [2.45, 2.75) is 26.0 Å². The summed E-state index contributed by atoms with van der Waals surface area (Å²) in [6.45, 7) is 4.31. The molecule has 0 amide bonds. The van der Waals surface area contributed by atoms with Gasteiger partial charge < -0.3 is 14.2 Å². The van der Waals surface area contributed by atoms with Crippen molar-refractivity contribution in [2.24, 2.45) is 0 Å². The van der Waals surface area contributed by atoms with E-state index in [1.807, 2.05) is 35.1 Å². The first-order valence-corrected chi connectivity index (χ1v) is 7.26. The van der Waals surface area contributed by atoms with E-state index in [-0.39, 0.29) is 6.10 Å².